The van der Waals surface area contributed by atoms with Gasteiger partial charge in [0.1, 0.15) is 4.34 Å². The lowest BCUT2D eigenvalue weighted by atomic mass is 10.1. The van der Waals surface area contributed by atoms with Crippen molar-refractivity contribution in [3.63, 3.8) is 0 Å². The van der Waals surface area contributed by atoms with Gasteiger partial charge < -0.3 is 5.32 Å². The number of nitrogens with one attached hydrogen (secondary N) is 1. The summed E-state index contributed by atoms with van der Waals surface area (Å²) in [5, 5.41) is 6.52. The quantitative estimate of drug-likeness (QED) is 0.898. The van der Waals surface area contributed by atoms with Crippen LogP contribution in [0.4, 0.5) is 0 Å². The Hall–Kier alpha value is 0.200. The second-order valence-electron chi connectivity index (χ2n) is 5.01. The summed E-state index contributed by atoms with van der Waals surface area (Å²) < 4.78 is 0.719. The van der Waals surface area contributed by atoms with E-state index in [1.54, 1.807) is 0 Å². The summed E-state index contributed by atoms with van der Waals surface area (Å²) in [7, 11) is 0. The molecular formula is C12H16Cl2N2S. The molecule has 2 aliphatic heterocycles. The van der Waals surface area contributed by atoms with Crippen LogP contribution >= 0.6 is 34.5 Å². The van der Waals surface area contributed by atoms with E-state index in [0.717, 1.165) is 35.0 Å². The van der Waals surface area contributed by atoms with Crippen molar-refractivity contribution in [3.05, 3.63) is 20.3 Å². The third-order valence-electron chi connectivity index (χ3n) is 3.76. The van der Waals surface area contributed by atoms with Crippen LogP contribution in [-0.2, 0) is 6.54 Å². The highest BCUT2D eigenvalue weighted by atomic mass is 35.5. The van der Waals surface area contributed by atoms with Crippen molar-refractivity contribution in [1.29, 1.82) is 0 Å². The minimum absolute atomic E-state index is 0.676. The molecular weight excluding hydrogens is 275 g/mol. The molecule has 2 saturated heterocycles. The van der Waals surface area contributed by atoms with Crippen molar-refractivity contribution in [1.82, 2.24) is 10.2 Å². The minimum atomic E-state index is 0.676. The summed E-state index contributed by atoms with van der Waals surface area (Å²) in [6.45, 7) is 3.24. The molecule has 2 unspecified atom stereocenters. The molecule has 1 aromatic rings. The van der Waals surface area contributed by atoms with Crippen molar-refractivity contribution < 1.29 is 0 Å². The Labute approximate surface area is 116 Å². The van der Waals surface area contributed by atoms with Gasteiger partial charge in [-0.2, -0.15) is 0 Å². The number of nitrogens with zero attached hydrogens (tertiary/aromatic N) is 1. The molecule has 0 radical (unpaired) electrons. The van der Waals surface area contributed by atoms with E-state index < -0.39 is 0 Å². The fraction of sp³-hybridized carbons (Fsp3) is 0.667. The van der Waals surface area contributed by atoms with Crippen molar-refractivity contribution in [2.75, 3.05) is 13.1 Å². The van der Waals surface area contributed by atoms with E-state index in [1.165, 1.54) is 36.2 Å². The Balaban J connectivity index is 1.67. The highest BCUT2D eigenvalue weighted by Crippen LogP contribution is 2.33. The summed E-state index contributed by atoms with van der Waals surface area (Å²) >= 11 is 13.7. The van der Waals surface area contributed by atoms with Crippen LogP contribution in [0.3, 0.4) is 0 Å². The van der Waals surface area contributed by atoms with E-state index in [0.29, 0.717) is 6.04 Å². The van der Waals surface area contributed by atoms with Gasteiger partial charge in [-0.15, -0.1) is 11.3 Å². The topological polar surface area (TPSA) is 15.3 Å². The van der Waals surface area contributed by atoms with Crippen LogP contribution in [0.2, 0.25) is 9.36 Å². The van der Waals surface area contributed by atoms with Crippen molar-refractivity contribution in [3.8, 4) is 0 Å². The van der Waals surface area contributed by atoms with E-state index in [4.69, 9.17) is 23.2 Å². The minimum Gasteiger partial charge on any atom is -0.310 e. The number of hydrogen-bond donors (Lipinski definition) is 1. The number of likely N-dealkylation sites (tertiary alicyclic amines) is 1. The first-order valence-corrected chi connectivity index (χ1v) is 7.75. The first-order chi connectivity index (χ1) is 8.22. The van der Waals surface area contributed by atoms with Gasteiger partial charge in [0.15, 0.2) is 0 Å². The maximum absolute atomic E-state index is 6.18. The highest BCUT2D eigenvalue weighted by Gasteiger charge is 2.29. The number of halogens is 2. The lowest BCUT2D eigenvalue weighted by Gasteiger charge is -2.23. The van der Waals surface area contributed by atoms with Gasteiger partial charge in [0.05, 0.1) is 5.02 Å². The first kappa shape index (κ1) is 12.2. The molecule has 2 aliphatic rings. The smallest absolute Gasteiger partial charge is 0.112 e. The fourth-order valence-corrected chi connectivity index (χ4v) is 4.10. The van der Waals surface area contributed by atoms with Gasteiger partial charge in [-0.05, 0) is 30.2 Å². The third-order valence-corrected chi connectivity index (χ3v) is 5.67. The van der Waals surface area contributed by atoms with Crippen LogP contribution in [0.5, 0.6) is 0 Å². The van der Waals surface area contributed by atoms with Crippen molar-refractivity contribution in [2.24, 2.45) is 0 Å². The molecule has 0 aliphatic carbocycles. The molecule has 2 nitrogen and oxygen atoms in total. The lowest BCUT2D eigenvalue weighted by Crippen LogP contribution is -2.34. The van der Waals surface area contributed by atoms with Crippen LogP contribution in [0.1, 0.15) is 24.8 Å². The van der Waals surface area contributed by atoms with Gasteiger partial charge in [-0.25, -0.2) is 0 Å². The van der Waals surface area contributed by atoms with Crippen LogP contribution < -0.4 is 5.32 Å². The monoisotopic (exact) mass is 290 g/mol. The van der Waals surface area contributed by atoms with Crippen LogP contribution in [-0.4, -0.2) is 30.1 Å². The predicted molar refractivity (Wildman–Crippen MR) is 74.2 cm³/mol. The summed E-state index contributed by atoms with van der Waals surface area (Å²) in [5.41, 5.74) is 1.18. The zero-order chi connectivity index (χ0) is 11.8. The molecule has 0 saturated carbocycles. The third kappa shape index (κ3) is 2.64. The summed E-state index contributed by atoms with van der Waals surface area (Å²) in [6.07, 6.45) is 3.93. The SMILES string of the molecule is Clc1scc(CN2CCC3CCC(C2)N3)c1Cl. The molecule has 2 bridgehead atoms. The summed E-state index contributed by atoms with van der Waals surface area (Å²) in [4.78, 5) is 2.50. The van der Waals surface area contributed by atoms with E-state index in [-0.39, 0.29) is 0 Å². The lowest BCUT2D eigenvalue weighted by molar-refractivity contribution is 0.251. The Bertz CT molecular complexity index is 407. The molecule has 5 heteroatoms. The van der Waals surface area contributed by atoms with Gasteiger partial charge in [-0.3, -0.25) is 4.90 Å². The summed E-state index contributed by atoms with van der Waals surface area (Å²) in [6, 6.07) is 1.42. The molecule has 1 aromatic heterocycles. The largest absolute Gasteiger partial charge is 0.310 e. The molecule has 0 amide bonds. The van der Waals surface area contributed by atoms with E-state index in [2.05, 4.69) is 15.6 Å². The number of fused-ring (bicyclic) bond motifs is 2. The highest BCUT2D eigenvalue weighted by molar-refractivity contribution is 7.15. The molecule has 1 N–H and O–H groups in total. The molecule has 0 aromatic carbocycles. The number of rotatable bonds is 2. The van der Waals surface area contributed by atoms with Crippen LogP contribution in [0.15, 0.2) is 5.38 Å². The average molecular weight is 291 g/mol. The van der Waals surface area contributed by atoms with Gasteiger partial charge in [0.25, 0.3) is 0 Å². The Morgan fingerprint density at radius 3 is 2.88 bits per heavy atom. The molecule has 2 fully saturated rings. The Morgan fingerprint density at radius 1 is 1.29 bits per heavy atom. The summed E-state index contributed by atoms with van der Waals surface area (Å²) in [5.74, 6) is 0. The van der Waals surface area contributed by atoms with Crippen molar-refractivity contribution >= 4 is 34.5 Å². The normalized spacial score (nSPS) is 29.5. The van der Waals surface area contributed by atoms with E-state index in [1.807, 2.05) is 0 Å². The number of thiophene rings is 1. The van der Waals surface area contributed by atoms with E-state index >= 15 is 0 Å². The maximum atomic E-state index is 6.18. The number of hydrogen-bond acceptors (Lipinski definition) is 3. The van der Waals surface area contributed by atoms with Crippen LogP contribution in [0, 0.1) is 0 Å². The zero-order valence-electron chi connectivity index (χ0n) is 9.59. The molecule has 0 spiro atoms. The second kappa shape index (κ2) is 5.06. The Morgan fingerprint density at radius 2 is 2.12 bits per heavy atom. The molecule has 94 valence electrons. The standard InChI is InChI=1S/C12H16Cl2N2S/c13-11-8(7-17-12(11)14)5-16-4-3-9-1-2-10(6-16)15-9/h7,9-10,15H,1-6H2. The zero-order valence-corrected chi connectivity index (χ0v) is 11.9. The van der Waals surface area contributed by atoms with Crippen LogP contribution in [0.25, 0.3) is 0 Å². The molecule has 2 atom stereocenters. The molecule has 3 heterocycles. The van der Waals surface area contributed by atoms with Gasteiger partial charge in [0.2, 0.25) is 0 Å². The predicted octanol–water partition coefficient (Wildman–Crippen LogP) is 3.38. The molecule has 17 heavy (non-hydrogen) atoms. The van der Waals surface area contributed by atoms with Gasteiger partial charge in [-0.1, -0.05) is 23.2 Å². The first-order valence-electron chi connectivity index (χ1n) is 6.12. The van der Waals surface area contributed by atoms with Crippen molar-refractivity contribution in [2.45, 2.75) is 37.9 Å². The fourth-order valence-electron chi connectivity index (χ4n) is 2.86. The molecule has 3 rings (SSSR count). The average Bonchev–Trinajstić information content (AvgIpc) is 2.79. The maximum Gasteiger partial charge on any atom is 0.112 e. The van der Waals surface area contributed by atoms with Gasteiger partial charge in [0, 0.05) is 31.7 Å². The Kier molecular flexibility index (Phi) is 3.64. The van der Waals surface area contributed by atoms with E-state index in [9.17, 15) is 0 Å². The van der Waals surface area contributed by atoms with Gasteiger partial charge >= 0.3 is 0 Å². The second-order valence-corrected chi connectivity index (χ2v) is 6.87.